The third kappa shape index (κ3) is 4.55. The van der Waals surface area contributed by atoms with Crippen molar-refractivity contribution in [3.8, 4) is 44.5 Å². The predicted molar refractivity (Wildman–Crippen MR) is 204 cm³/mol. The van der Waals surface area contributed by atoms with Crippen LogP contribution in [0.3, 0.4) is 0 Å². The van der Waals surface area contributed by atoms with Gasteiger partial charge >= 0.3 is 0 Å². The van der Waals surface area contributed by atoms with Gasteiger partial charge in [0, 0.05) is 0 Å². The molecule has 0 spiro atoms. The maximum Gasteiger partial charge on any atom is 0.139 e. The molecule has 7 aromatic carbocycles. The van der Waals surface area contributed by atoms with E-state index in [1.165, 1.54) is 93.4 Å². The molecule has 7 rings (SSSR count). The minimum absolute atomic E-state index is 1.23. The molecule has 0 unspecified atom stereocenters. The maximum atomic E-state index is 2.45. The van der Waals surface area contributed by atoms with Gasteiger partial charge in [-0.2, -0.15) is 0 Å². The van der Waals surface area contributed by atoms with Crippen LogP contribution in [-0.2, 0) is 0 Å². The summed E-state index contributed by atoms with van der Waals surface area (Å²) in [5.74, 6) is 0. The number of fused-ring (bicyclic) bond motifs is 2. The van der Waals surface area contributed by atoms with Crippen LogP contribution in [0.5, 0.6) is 0 Å². The highest BCUT2D eigenvalue weighted by Gasteiger charge is 2.19. The molecule has 0 nitrogen and oxygen atoms in total. The fourth-order valence-corrected chi connectivity index (χ4v) is 6.95. The molecule has 7 aromatic rings. The first-order valence-corrected chi connectivity index (χ1v) is 15.2. The first-order chi connectivity index (χ1) is 20.9. The first kappa shape index (κ1) is 27.2. The Morgan fingerprint density at radius 1 is 0.256 bits per heavy atom. The largest absolute Gasteiger partial charge is 0.139 e. The molecule has 0 aliphatic carbocycles. The molecule has 0 radical (unpaired) electrons. The van der Waals surface area contributed by atoms with Crippen molar-refractivity contribution < 1.29 is 0 Å². The summed E-state index contributed by atoms with van der Waals surface area (Å²) in [6.07, 6.45) is 0. The van der Waals surface area contributed by atoms with Gasteiger partial charge in [0.15, 0.2) is 0 Å². The second kappa shape index (κ2) is 10.9. The Balaban J connectivity index is 1.56. The van der Waals surface area contributed by atoms with E-state index in [0.717, 1.165) is 0 Å². The summed E-state index contributed by atoms with van der Waals surface area (Å²) in [5.41, 5.74) is 17.1. The van der Waals surface area contributed by atoms with Gasteiger partial charge in [-0.1, -0.05) is 132 Å². The van der Waals surface area contributed by atoms with E-state index in [-0.39, 0.29) is 0 Å². The molecule has 43 heavy (non-hydrogen) atoms. The fourth-order valence-electron chi connectivity index (χ4n) is 6.95. The van der Waals surface area contributed by atoms with Crippen molar-refractivity contribution in [2.24, 2.45) is 0 Å². The minimum Gasteiger partial charge on any atom is -0.102 e. The van der Waals surface area contributed by atoms with Crippen LogP contribution in [0.4, 0.5) is 0 Å². The van der Waals surface area contributed by atoms with E-state index in [0.29, 0.717) is 0 Å². The molecule has 0 saturated carbocycles. The average Bonchev–Trinajstić information content (AvgIpc) is 3.06. The lowest BCUT2D eigenvalue weighted by atomic mass is 9.59. The van der Waals surface area contributed by atoms with Gasteiger partial charge in [-0.15, -0.1) is 16.4 Å². The highest BCUT2D eigenvalue weighted by Crippen LogP contribution is 2.44. The van der Waals surface area contributed by atoms with Crippen molar-refractivity contribution in [2.45, 2.75) is 0 Å². The van der Waals surface area contributed by atoms with Crippen LogP contribution in [0.2, 0.25) is 0 Å². The zero-order chi connectivity index (χ0) is 29.7. The Bertz CT molecular complexity index is 2120. The van der Waals surface area contributed by atoms with Crippen molar-refractivity contribution in [1.82, 2.24) is 0 Å². The molecule has 5 heteroatoms. The Morgan fingerprint density at radius 2 is 0.628 bits per heavy atom. The monoisotopic (exact) mass is 542 g/mol. The highest BCUT2D eigenvalue weighted by molar-refractivity contribution is 6.68. The Kier molecular flexibility index (Phi) is 6.90. The summed E-state index contributed by atoms with van der Waals surface area (Å²) in [6.45, 7) is 0. The normalized spacial score (nSPS) is 11.3. The lowest BCUT2D eigenvalue weighted by molar-refractivity contribution is 1.61. The molecule has 0 aliphatic rings. The summed E-state index contributed by atoms with van der Waals surface area (Å²) in [6, 6.07) is 46.7. The smallest absolute Gasteiger partial charge is 0.102 e. The highest BCUT2D eigenvalue weighted by atomic mass is 14.2. The molecule has 0 aromatic heterocycles. The Morgan fingerprint density at radius 3 is 1.21 bits per heavy atom. The third-order valence-corrected chi connectivity index (χ3v) is 9.66. The summed E-state index contributed by atoms with van der Waals surface area (Å²) in [5, 5.41) is 5.14. The zero-order valence-corrected chi connectivity index (χ0v) is 25.6. The first-order valence-electron chi connectivity index (χ1n) is 15.2. The Labute approximate surface area is 259 Å². The maximum absolute atomic E-state index is 2.45. The topological polar surface area (TPSA) is 0 Å². The van der Waals surface area contributed by atoms with Gasteiger partial charge in [0.1, 0.15) is 39.2 Å². The van der Waals surface area contributed by atoms with Gasteiger partial charge in [0.25, 0.3) is 0 Å². The SMILES string of the molecule is Bc1c(B)c(B)c(-c2ccc3c(-c4ccc(-c5ccccc5)cc4)c4ccccc4c(-c4ccccc4)c3c2)c(B)c1B. The predicted octanol–water partition coefficient (Wildman–Crippen LogP) is 1.95. The minimum atomic E-state index is 1.23. The summed E-state index contributed by atoms with van der Waals surface area (Å²) >= 11 is 0. The average molecular weight is 542 g/mol. The van der Waals surface area contributed by atoms with Crippen LogP contribution < -0.4 is 27.3 Å². The van der Waals surface area contributed by atoms with Crippen LogP contribution >= 0.6 is 0 Å². The van der Waals surface area contributed by atoms with E-state index >= 15 is 0 Å². The molecule has 0 heterocycles. The molecule has 0 atom stereocenters. The van der Waals surface area contributed by atoms with E-state index in [9.17, 15) is 0 Å². The third-order valence-electron chi connectivity index (χ3n) is 9.66. The zero-order valence-electron chi connectivity index (χ0n) is 25.6. The molecular formula is C38H31B5. The van der Waals surface area contributed by atoms with Gasteiger partial charge in [0.05, 0.1) is 0 Å². The number of benzene rings is 7. The molecule has 0 bridgehead atoms. The molecule has 0 aliphatic heterocycles. The number of rotatable bonds is 4. The van der Waals surface area contributed by atoms with Gasteiger partial charge in [-0.05, 0) is 72.1 Å². The van der Waals surface area contributed by atoms with E-state index in [1.807, 2.05) is 0 Å². The number of hydrogen-bond acceptors (Lipinski definition) is 0. The molecule has 198 valence electrons. The Hall–Kier alpha value is -4.62. The summed E-state index contributed by atoms with van der Waals surface area (Å²) in [4.78, 5) is 0. The van der Waals surface area contributed by atoms with Crippen LogP contribution in [0.1, 0.15) is 0 Å². The molecule has 0 fully saturated rings. The van der Waals surface area contributed by atoms with Crippen LogP contribution in [0.15, 0.2) is 127 Å². The summed E-state index contributed by atoms with van der Waals surface area (Å²) in [7, 11) is 11.4. The molecule has 0 saturated heterocycles. The van der Waals surface area contributed by atoms with Crippen LogP contribution in [0.25, 0.3) is 66.1 Å². The molecule has 0 amide bonds. The van der Waals surface area contributed by atoms with Crippen molar-refractivity contribution >= 4 is 88.1 Å². The standard InChI is InChI=1S/C38H31B5/c39-34-33(35(40)37(42)38(43)36(34)41)26-19-20-29-30(21-26)32(24-11-5-2-6-12-24)28-14-8-7-13-27(28)31(29)25-17-15-23(16-18-25)22-9-3-1-4-10-22/h1-21H,39-43H2. The quantitative estimate of drug-likeness (QED) is 0.236. The van der Waals surface area contributed by atoms with E-state index < -0.39 is 0 Å². The second-order valence-electron chi connectivity index (χ2n) is 11.9. The molecular weight excluding hydrogens is 510 g/mol. The van der Waals surface area contributed by atoms with Crippen molar-refractivity contribution in [2.75, 3.05) is 0 Å². The van der Waals surface area contributed by atoms with Crippen molar-refractivity contribution in [3.05, 3.63) is 127 Å². The van der Waals surface area contributed by atoms with E-state index in [4.69, 9.17) is 0 Å². The van der Waals surface area contributed by atoms with E-state index in [2.05, 4.69) is 167 Å². The van der Waals surface area contributed by atoms with Crippen LogP contribution in [0, 0.1) is 0 Å². The fraction of sp³-hybridized carbons (Fsp3) is 0. The van der Waals surface area contributed by atoms with Gasteiger partial charge < -0.3 is 0 Å². The van der Waals surface area contributed by atoms with Gasteiger partial charge in [-0.25, -0.2) is 0 Å². The second-order valence-corrected chi connectivity index (χ2v) is 11.9. The van der Waals surface area contributed by atoms with Crippen molar-refractivity contribution in [3.63, 3.8) is 0 Å². The lowest BCUT2D eigenvalue weighted by Crippen LogP contribution is -2.55. The van der Waals surface area contributed by atoms with E-state index in [1.54, 1.807) is 0 Å². The van der Waals surface area contributed by atoms with Crippen molar-refractivity contribution in [1.29, 1.82) is 0 Å². The lowest BCUT2D eigenvalue weighted by Gasteiger charge is -2.22. The summed E-state index contributed by atoms with van der Waals surface area (Å²) < 4.78 is 0. The molecule has 0 N–H and O–H groups in total. The number of hydrogen-bond donors (Lipinski definition) is 0. The van der Waals surface area contributed by atoms with Gasteiger partial charge in [0.2, 0.25) is 0 Å². The van der Waals surface area contributed by atoms with Crippen LogP contribution in [-0.4, -0.2) is 39.2 Å². The van der Waals surface area contributed by atoms with Gasteiger partial charge in [-0.3, -0.25) is 0 Å².